The van der Waals surface area contributed by atoms with E-state index in [1.807, 2.05) is 31.2 Å². The van der Waals surface area contributed by atoms with Gasteiger partial charge in [0.1, 0.15) is 30.0 Å². The van der Waals surface area contributed by atoms with Crippen LogP contribution >= 0.6 is 0 Å². The molecule has 0 aliphatic carbocycles. The molecule has 0 spiro atoms. The van der Waals surface area contributed by atoms with Crippen molar-refractivity contribution in [2.24, 2.45) is 0 Å². The number of fused-ring (bicyclic) bond motifs is 1. The Labute approximate surface area is 121 Å². The van der Waals surface area contributed by atoms with Crippen LogP contribution in [0.15, 0.2) is 36.9 Å². The van der Waals surface area contributed by atoms with Crippen molar-refractivity contribution < 1.29 is 4.74 Å². The Balaban J connectivity index is 2.31. The number of nitriles is 1. The Morgan fingerprint density at radius 1 is 1.33 bits per heavy atom. The molecule has 3 aromatic rings. The van der Waals surface area contributed by atoms with Gasteiger partial charge in [0.2, 0.25) is 0 Å². The standard InChI is InChI=1S/C15H13N5O/c1-2-7-21-14-11-5-3-4-6-13(11)19-15(12(14)8-16)20-10-17-9-18-20/h3-6,9-10H,2,7H2,1H3. The van der Waals surface area contributed by atoms with Crippen LogP contribution in [0.2, 0.25) is 0 Å². The molecule has 0 amide bonds. The monoisotopic (exact) mass is 279 g/mol. The van der Waals surface area contributed by atoms with Crippen molar-refractivity contribution in [2.45, 2.75) is 13.3 Å². The minimum atomic E-state index is 0.368. The fourth-order valence-corrected chi connectivity index (χ4v) is 2.11. The molecule has 0 radical (unpaired) electrons. The minimum Gasteiger partial charge on any atom is -0.491 e. The van der Waals surface area contributed by atoms with Gasteiger partial charge in [-0.25, -0.2) is 14.6 Å². The summed E-state index contributed by atoms with van der Waals surface area (Å²) >= 11 is 0. The van der Waals surface area contributed by atoms with Gasteiger partial charge in [0.25, 0.3) is 0 Å². The Kier molecular flexibility index (Phi) is 3.48. The average Bonchev–Trinajstić information content (AvgIpc) is 3.05. The Hall–Kier alpha value is -2.94. The van der Waals surface area contributed by atoms with E-state index < -0.39 is 0 Å². The third kappa shape index (κ3) is 2.30. The van der Waals surface area contributed by atoms with E-state index in [1.165, 1.54) is 17.3 Å². The molecule has 104 valence electrons. The molecule has 2 heterocycles. The lowest BCUT2D eigenvalue weighted by atomic mass is 10.1. The normalized spacial score (nSPS) is 10.5. The van der Waals surface area contributed by atoms with Crippen LogP contribution in [0, 0.1) is 11.3 Å². The van der Waals surface area contributed by atoms with Gasteiger partial charge in [-0.05, 0) is 18.6 Å². The van der Waals surface area contributed by atoms with Crippen LogP contribution < -0.4 is 4.74 Å². The lowest BCUT2D eigenvalue weighted by Crippen LogP contribution is -2.06. The number of ether oxygens (including phenoxy) is 1. The summed E-state index contributed by atoms with van der Waals surface area (Å²) in [5.74, 6) is 0.982. The predicted molar refractivity (Wildman–Crippen MR) is 77.2 cm³/mol. The molecule has 0 fully saturated rings. The summed E-state index contributed by atoms with van der Waals surface area (Å²) in [5.41, 5.74) is 1.13. The molecule has 1 aromatic carbocycles. The summed E-state index contributed by atoms with van der Waals surface area (Å²) in [6.45, 7) is 2.56. The van der Waals surface area contributed by atoms with Crippen LogP contribution in [0.1, 0.15) is 18.9 Å². The molecule has 0 saturated carbocycles. The van der Waals surface area contributed by atoms with Crippen LogP contribution in [0.4, 0.5) is 0 Å². The van der Waals surface area contributed by atoms with E-state index in [4.69, 9.17) is 4.74 Å². The third-order valence-corrected chi connectivity index (χ3v) is 3.02. The second-order valence-electron chi connectivity index (χ2n) is 4.46. The molecule has 6 nitrogen and oxygen atoms in total. The molecule has 6 heteroatoms. The quantitative estimate of drug-likeness (QED) is 0.733. The van der Waals surface area contributed by atoms with E-state index in [9.17, 15) is 5.26 Å². The first-order valence-corrected chi connectivity index (χ1v) is 6.65. The molecule has 0 aliphatic heterocycles. The molecule has 3 rings (SSSR count). The number of hydrogen-bond acceptors (Lipinski definition) is 5. The molecule has 2 aromatic heterocycles. The Morgan fingerprint density at radius 3 is 2.90 bits per heavy atom. The highest BCUT2D eigenvalue weighted by Gasteiger charge is 2.17. The maximum absolute atomic E-state index is 9.53. The maximum Gasteiger partial charge on any atom is 0.177 e. The summed E-state index contributed by atoms with van der Waals surface area (Å²) in [6.07, 6.45) is 3.78. The van der Waals surface area contributed by atoms with Crippen molar-refractivity contribution in [3.63, 3.8) is 0 Å². The third-order valence-electron chi connectivity index (χ3n) is 3.02. The number of benzene rings is 1. The van der Waals surface area contributed by atoms with E-state index in [1.54, 1.807) is 0 Å². The summed E-state index contributed by atoms with van der Waals surface area (Å²) in [4.78, 5) is 8.42. The topological polar surface area (TPSA) is 76.6 Å². The first kappa shape index (κ1) is 13.1. The fourth-order valence-electron chi connectivity index (χ4n) is 2.11. The van der Waals surface area contributed by atoms with Gasteiger partial charge in [0, 0.05) is 5.39 Å². The zero-order valence-electron chi connectivity index (χ0n) is 11.5. The highest BCUT2D eigenvalue weighted by atomic mass is 16.5. The summed E-state index contributed by atoms with van der Waals surface area (Å²) < 4.78 is 7.28. The number of hydrogen-bond donors (Lipinski definition) is 0. The minimum absolute atomic E-state index is 0.368. The van der Waals surface area contributed by atoms with Gasteiger partial charge in [-0.1, -0.05) is 19.1 Å². The van der Waals surface area contributed by atoms with Crippen LogP contribution in [0.25, 0.3) is 16.7 Å². The second-order valence-corrected chi connectivity index (χ2v) is 4.46. The van der Waals surface area contributed by atoms with Gasteiger partial charge in [-0.3, -0.25) is 0 Å². The molecule has 0 atom stereocenters. The first-order chi connectivity index (χ1) is 10.3. The molecule has 0 aliphatic rings. The summed E-state index contributed by atoms with van der Waals surface area (Å²) in [6, 6.07) is 9.76. The van der Waals surface area contributed by atoms with Gasteiger partial charge in [0.05, 0.1) is 12.1 Å². The smallest absolute Gasteiger partial charge is 0.177 e. The lowest BCUT2D eigenvalue weighted by molar-refractivity contribution is 0.320. The molecular weight excluding hydrogens is 266 g/mol. The van der Waals surface area contributed by atoms with Crippen molar-refractivity contribution in [1.82, 2.24) is 19.7 Å². The number of aromatic nitrogens is 4. The zero-order chi connectivity index (χ0) is 14.7. The van der Waals surface area contributed by atoms with E-state index in [2.05, 4.69) is 21.1 Å². The number of nitrogens with zero attached hydrogens (tertiary/aromatic N) is 5. The van der Waals surface area contributed by atoms with E-state index >= 15 is 0 Å². The van der Waals surface area contributed by atoms with Crippen LogP contribution in [-0.2, 0) is 0 Å². The van der Waals surface area contributed by atoms with Crippen molar-refractivity contribution in [1.29, 1.82) is 5.26 Å². The number of rotatable bonds is 4. The molecular formula is C15H13N5O. The average molecular weight is 279 g/mol. The van der Waals surface area contributed by atoms with E-state index in [-0.39, 0.29) is 0 Å². The number of para-hydroxylation sites is 1. The molecule has 21 heavy (non-hydrogen) atoms. The lowest BCUT2D eigenvalue weighted by Gasteiger charge is -2.13. The van der Waals surface area contributed by atoms with E-state index in [0.717, 1.165) is 17.3 Å². The number of pyridine rings is 1. The SMILES string of the molecule is CCCOc1c(C#N)c(-n2cncn2)nc2ccccc12. The second kappa shape index (κ2) is 5.59. The molecule has 0 unspecified atom stereocenters. The van der Waals surface area contributed by atoms with Gasteiger partial charge in [-0.15, -0.1) is 0 Å². The van der Waals surface area contributed by atoms with Gasteiger partial charge in [-0.2, -0.15) is 10.4 Å². The molecule has 0 bridgehead atoms. The first-order valence-electron chi connectivity index (χ1n) is 6.65. The summed E-state index contributed by atoms with van der Waals surface area (Å²) in [7, 11) is 0. The van der Waals surface area contributed by atoms with Gasteiger partial charge < -0.3 is 4.74 Å². The molecule has 0 saturated heterocycles. The van der Waals surface area contributed by atoms with Gasteiger partial charge >= 0.3 is 0 Å². The largest absolute Gasteiger partial charge is 0.491 e. The highest BCUT2D eigenvalue weighted by Crippen LogP contribution is 2.31. The van der Waals surface area contributed by atoms with Gasteiger partial charge in [0.15, 0.2) is 5.82 Å². The summed E-state index contributed by atoms with van der Waals surface area (Å²) in [5, 5.41) is 14.4. The molecule has 0 N–H and O–H groups in total. The maximum atomic E-state index is 9.53. The highest BCUT2D eigenvalue weighted by molar-refractivity contribution is 5.89. The predicted octanol–water partition coefficient (Wildman–Crippen LogP) is 2.48. The van der Waals surface area contributed by atoms with Crippen LogP contribution in [0.3, 0.4) is 0 Å². The van der Waals surface area contributed by atoms with Crippen molar-refractivity contribution >= 4 is 10.9 Å². The Morgan fingerprint density at radius 2 is 2.19 bits per heavy atom. The fraction of sp³-hybridized carbons (Fsp3) is 0.200. The van der Waals surface area contributed by atoms with Crippen molar-refractivity contribution in [3.8, 4) is 17.6 Å². The van der Waals surface area contributed by atoms with E-state index in [0.29, 0.717) is 23.7 Å². The van der Waals surface area contributed by atoms with Crippen molar-refractivity contribution in [2.75, 3.05) is 6.61 Å². The van der Waals surface area contributed by atoms with Crippen LogP contribution in [0.5, 0.6) is 5.75 Å². The van der Waals surface area contributed by atoms with Crippen molar-refractivity contribution in [3.05, 3.63) is 42.5 Å². The zero-order valence-corrected chi connectivity index (χ0v) is 11.5. The Bertz CT molecular complexity index is 805. The van der Waals surface area contributed by atoms with Crippen LogP contribution in [-0.4, -0.2) is 26.4 Å².